The van der Waals surface area contributed by atoms with E-state index in [4.69, 9.17) is 0 Å². The van der Waals surface area contributed by atoms with Gasteiger partial charge in [-0.2, -0.15) is 0 Å². The topological polar surface area (TPSA) is 95.4 Å². The minimum Gasteiger partial charge on any atom is -0.477 e. The summed E-state index contributed by atoms with van der Waals surface area (Å²) in [5, 5.41) is 9.25. The van der Waals surface area contributed by atoms with Gasteiger partial charge in [0.05, 0.1) is 11.3 Å². The van der Waals surface area contributed by atoms with Crippen molar-refractivity contribution in [1.82, 2.24) is 14.5 Å². The summed E-state index contributed by atoms with van der Waals surface area (Å²) in [6, 6.07) is 7.07. The monoisotopic (exact) mass is 317 g/mol. The molecule has 0 spiro atoms. The quantitative estimate of drug-likeness (QED) is 0.852. The molecular weight excluding hydrogens is 298 g/mol. The summed E-state index contributed by atoms with van der Waals surface area (Å²) in [5.74, 6) is -1.33. The third kappa shape index (κ3) is 3.24. The number of para-hydroxylation sites is 1. The van der Waals surface area contributed by atoms with Crippen molar-refractivity contribution < 1.29 is 9.90 Å². The lowest BCUT2D eigenvalue weighted by molar-refractivity contribution is 0.0687. The van der Waals surface area contributed by atoms with Crippen LogP contribution in [0.15, 0.2) is 33.9 Å². The highest BCUT2D eigenvalue weighted by Gasteiger charge is 2.20. The number of aromatic amines is 1. The third-order valence-corrected chi connectivity index (χ3v) is 3.50. The van der Waals surface area contributed by atoms with Gasteiger partial charge in [-0.15, -0.1) is 0 Å². The van der Waals surface area contributed by atoms with Gasteiger partial charge in [0, 0.05) is 6.54 Å². The van der Waals surface area contributed by atoms with Crippen molar-refractivity contribution in [3.8, 4) is 5.69 Å². The Morgan fingerprint density at radius 2 is 1.91 bits per heavy atom. The largest absolute Gasteiger partial charge is 0.477 e. The number of aromatic carboxylic acids is 1. The van der Waals surface area contributed by atoms with Gasteiger partial charge in [-0.1, -0.05) is 25.1 Å². The first kappa shape index (κ1) is 16.7. The van der Waals surface area contributed by atoms with E-state index in [1.54, 1.807) is 31.1 Å². The fraction of sp³-hybridized carbons (Fsp3) is 0.312. The Balaban J connectivity index is 2.83. The van der Waals surface area contributed by atoms with Gasteiger partial charge in [0.15, 0.2) is 0 Å². The predicted molar refractivity (Wildman–Crippen MR) is 86.4 cm³/mol. The molecule has 23 heavy (non-hydrogen) atoms. The number of nitrogens with zero attached hydrogens (tertiary/aromatic N) is 2. The molecule has 1 heterocycles. The fourth-order valence-electron chi connectivity index (χ4n) is 2.46. The van der Waals surface area contributed by atoms with Gasteiger partial charge in [0.1, 0.15) is 5.69 Å². The lowest BCUT2D eigenvalue weighted by Crippen LogP contribution is -2.40. The van der Waals surface area contributed by atoms with E-state index in [9.17, 15) is 19.5 Å². The molecule has 122 valence electrons. The molecular formula is C16H19N3O4. The summed E-state index contributed by atoms with van der Waals surface area (Å²) in [6.07, 6.45) is 0.645. The number of hydrogen-bond donors (Lipinski definition) is 2. The smallest absolute Gasteiger partial charge is 0.352 e. The number of benzene rings is 1. The van der Waals surface area contributed by atoms with E-state index in [2.05, 4.69) is 4.98 Å². The molecule has 0 amide bonds. The maximum Gasteiger partial charge on any atom is 0.352 e. The Hall–Kier alpha value is -2.67. The van der Waals surface area contributed by atoms with Crippen LogP contribution in [0.4, 0.5) is 0 Å². The second-order valence-electron chi connectivity index (χ2n) is 5.45. The first-order valence-electron chi connectivity index (χ1n) is 7.21. The molecule has 0 unspecified atom stereocenters. The molecule has 0 atom stereocenters. The maximum atomic E-state index is 12.8. The number of nitrogens with one attached hydrogen (secondary N) is 1. The molecule has 2 N–H and O–H groups in total. The SMILES string of the molecule is CCc1ccccc1-n1c(=O)[nH]c(C(=O)O)c(CN(C)C)c1=O. The number of carbonyl (C=O) groups is 1. The van der Waals surface area contributed by atoms with Crippen molar-refractivity contribution in [2.75, 3.05) is 14.1 Å². The van der Waals surface area contributed by atoms with Gasteiger partial charge >= 0.3 is 11.7 Å². The van der Waals surface area contributed by atoms with Crippen molar-refractivity contribution in [1.29, 1.82) is 0 Å². The molecule has 1 aromatic carbocycles. The molecule has 0 aliphatic carbocycles. The number of carboxylic acids is 1. The molecule has 0 bridgehead atoms. The van der Waals surface area contributed by atoms with Crippen LogP contribution in [0.3, 0.4) is 0 Å². The van der Waals surface area contributed by atoms with Gasteiger partial charge in [0.2, 0.25) is 0 Å². The Kier molecular flexibility index (Phi) is 4.80. The average Bonchev–Trinajstić information content (AvgIpc) is 2.49. The van der Waals surface area contributed by atoms with Crippen LogP contribution >= 0.6 is 0 Å². The molecule has 0 radical (unpaired) electrons. The van der Waals surface area contributed by atoms with Gasteiger partial charge in [-0.05, 0) is 32.1 Å². The van der Waals surface area contributed by atoms with Crippen LogP contribution in [0, 0.1) is 0 Å². The van der Waals surface area contributed by atoms with Gasteiger partial charge < -0.3 is 15.0 Å². The van der Waals surface area contributed by atoms with E-state index in [0.29, 0.717) is 12.1 Å². The molecule has 7 nitrogen and oxygen atoms in total. The zero-order valence-corrected chi connectivity index (χ0v) is 13.3. The first-order chi connectivity index (χ1) is 10.9. The van der Waals surface area contributed by atoms with Crippen molar-refractivity contribution >= 4 is 5.97 Å². The van der Waals surface area contributed by atoms with Crippen LogP contribution in [0.5, 0.6) is 0 Å². The minimum absolute atomic E-state index is 0.0491. The summed E-state index contributed by atoms with van der Waals surface area (Å²) in [7, 11) is 3.45. The average molecular weight is 317 g/mol. The van der Waals surface area contributed by atoms with E-state index >= 15 is 0 Å². The van der Waals surface area contributed by atoms with E-state index in [0.717, 1.165) is 10.1 Å². The number of hydrogen-bond acceptors (Lipinski definition) is 4. The zero-order valence-electron chi connectivity index (χ0n) is 13.3. The maximum absolute atomic E-state index is 12.8. The number of H-pyrrole nitrogens is 1. The van der Waals surface area contributed by atoms with Crippen LogP contribution in [0.2, 0.25) is 0 Å². The Morgan fingerprint density at radius 3 is 2.48 bits per heavy atom. The van der Waals surface area contributed by atoms with Gasteiger partial charge in [0.25, 0.3) is 5.56 Å². The number of carboxylic acid groups (broad SMARTS) is 1. The Morgan fingerprint density at radius 1 is 1.26 bits per heavy atom. The summed E-state index contributed by atoms with van der Waals surface area (Å²) in [5.41, 5.74) is -0.374. The van der Waals surface area contributed by atoms with E-state index < -0.39 is 17.2 Å². The predicted octanol–water partition coefficient (Wildman–Crippen LogP) is 0.848. The molecule has 7 heteroatoms. The molecule has 0 aliphatic rings. The molecule has 0 saturated heterocycles. The molecule has 0 aliphatic heterocycles. The van der Waals surface area contributed by atoms with E-state index in [-0.39, 0.29) is 17.8 Å². The number of aryl methyl sites for hydroxylation is 1. The lowest BCUT2D eigenvalue weighted by Gasteiger charge is -2.15. The van der Waals surface area contributed by atoms with Gasteiger partial charge in [-0.25, -0.2) is 14.2 Å². The fourth-order valence-corrected chi connectivity index (χ4v) is 2.46. The van der Waals surface area contributed by atoms with Crippen LogP contribution in [-0.4, -0.2) is 39.6 Å². The van der Waals surface area contributed by atoms with Crippen LogP contribution in [-0.2, 0) is 13.0 Å². The van der Waals surface area contributed by atoms with Crippen LogP contribution in [0.1, 0.15) is 28.5 Å². The summed E-state index contributed by atoms with van der Waals surface area (Å²) < 4.78 is 1.00. The first-order valence-corrected chi connectivity index (χ1v) is 7.21. The number of rotatable bonds is 5. The number of aromatic nitrogens is 2. The highest BCUT2D eigenvalue weighted by atomic mass is 16.4. The third-order valence-electron chi connectivity index (χ3n) is 3.50. The highest BCUT2D eigenvalue weighted by molar-refractivity contribution is 5.86. The standard InChI is InChI=1S/C16H19N3O4/c1-4-10-7-5-6-8-12(10)19-14(20)11(9-18(2)3)13(15(21)22)17-16(19)23/h5-8H,4,9H2,1-3H3,(H,17,23)(H,21,22). The second kappa shape index (κ2) is 6.62. The van der Waals surface area contributed by atoms with Crippen LogP contribution in [0.25, 0.3) is 5.69 Å². The Labute approximate surface area is 132 Å². The molecule has 2 aromatic rings. The zero-order chi connectivity index (χ0) is 17.1. The van der Waals surface area contributed by atoms with Crippen molar-refractivity contribution in [2.45, 2.75) is 19.9 Å². The Bertz CT molecular complexity index is 849. The lowest BCUT2D eigenvalue weighted by atomic mass is 10.1. The second-order valence-corrected chi connectivity index (χ2v) is 5.45. The highest BCUT2D eigenvalue weighted by Crippen LogP contribution is 2.12. The normalized spacial score (nSPS) is 11.0. The minimum atomic E-state index is -1.33. The van der Waals surface area contributed by atoms with Crippen molar-refractivity contribution in [3.05, 3.63) is 61.9 Å². The molecule has 1 aromatic heterocycles. The summed E-state index contributed by atoms with van der Waals surface area (Å²) in [6.45, 7) is 2.04. The molecule has 0 saturated carbocycles. The summed E-state index contributed by atoms with van der Waals surface area (Å²) >= 11 is 0. The van der Waals surface area contributed by atoms with E-state index in [1.807, 2.05) is 19.1 Å². The van der Waals surface area contributed by atoms with E-state index in [1.165, 1.54) is 0 Å². The molecule has 0 fully saturated rings. The summed E-state index contributed by atoms with van der Waals surface area (Å²) in [4.78, 5) is 40.4. The molecule has 2 rings (SSSR count). The van der Waals surface area contributed by atoms with Gasteiger partial charge in [-0.3, -0.25) is 4.79 Å². The van der Waals surface area contributed by atoms with Crippen molar-refractivity contribution in [2.24, 2.45) is 0 Å². The van der Waals surface area contributed by atoms with Crippen molar-refractivity contribution in [3.63, 3.8) is 0 Å². The van der Waals surface area contributed by atoms with Crippen LogP contribution < -0.4 is 11.2 Å².